The number of fused-ring (bicyclic) bond motifs is 1. The first-order chi connectivity index (χ1) is 18.8. The SMILES string of the molecule is CN(C)CCC(O)(C1=C=C=Cc2ccccc21)C(c1ccccc1)c1cc(-c2ccc(Br)c(F)c2)c[nH]c1=O. The number of H-pyrrole nitrogens is 1. The topological polar surface area (TPSA) is 56.3 Å². The van der Waals surface area contributed by atoms with Gasteiger partial charge in [-0.2, -0.15) is 0 Å². The van der Waals surface area contributed by atoms with Crippen LogP contribution in [-0.2, 0) is 0 Å². The maximum absolute atomic E-state index is 14.4. The molecule has 0 fully saturated rings. The van der Waals surface area contributed by atoms with Gasteiger partial charge >= 0.3 is 0 Å². The van der Waals surface area contributed by atoms with Gasteiger partial charge in [0.2, 0.25) is 0 Å². The quantitative estimate of drug-likeness (QED) is 0.229. The van der Waals surface area contributed by atoms with Crippen molar-refractivity contribution in [2.75, 3.05) is 20.6 Å². The van der Waals surface area contributed by atoms with Crippen molar-refractivity contribution in [2.24, 2.45) is 0 Å². The molecule has 2 atom stereocenters. The van der Waals surface area contributed by atoms with Crippen molar-refractivity contribution in [1.82, 2.24) is 9.88 Å². The fraction of sp³-hybridized carbons (Fsp3) is 0.182. The van der Waals surface area contributed by atoms with E-state index in [1.165, 1.54) is 6.07 Å². The predicted molar refractivity (Wildman–Crippen MR) is 158 cm³/mol. The highest BCUT2D eigenvalue weighted by Gasteiger charge is 2.44. The molecule has 6 heteroatoms. The summed E-state index contributed by atoms with van der Waals surface area (Å²) in [4.78, 5) is 18.4. The Balaban J connectivity index is 1.77. The normalized spacial score (nSPS) is 14.6. The number of pyridine rings is 1. The summed E-state index contributed by atoms with van der Waals surface area (Å²) in [5.41, 5.74) is 9.22. The van der Waals surface area contributed by atoms with E-state index in [9.17, 15) is 14.3 Å². The molecule has 1 heterocycles. The lowest BCUT2D eigenvalue weighted by atomic mass is 9.69. The van der Waals surface area contributed by atoms with E-state index in [1.807, 2.05) is 79.7 Å². The van der Waals surface area contributed by atoms with Crippen LogP contribution in [0, 0.1) is 5.82 Å². The number of rotatable bonds is 8. The van der Waals surface area contributed by atoms with E-state index in [2.05, 4.69) is 32.4 Å². The number of halogens is 2. The first-order valence-corrected chi connectivity index (χ1v) is 13.5. The van der Waals surface area contributed by atoms with Gasteiger partial charge in [0, 0.05) is 29.8 Å². The molecule has 0 aliphatic heterocycles. The van der Waals surface area contributed by atoms with Crippen molar-refractivity contribution >= 4 is 27.6 Å². The lowest BCUT2D eigenvalue weighted by Crippen LogP contribution is -2.43. The second kappa shape index (κ2) is 11.2. The largest absolute Gasteiger partial charge is 0.383 e. The number of aliphatic hydroxyl groups is 1. The summed E-state index contributed by atoms with van der Waals surface area (Å²) in [5, 5.41) is 12.9. The summed E-state index contributed by atoms with van der Waals surface area (Å²) in [6, 6.07) is 24.0. The summed E-state index contributed by atoms with van der Waals surface area (Å²) in [6.07, 6.45) is 3.75. The van der Waals surface area contributed by atoms with Gasteiger partial charge in [0.05, 0.1) is 4.47 Å². The summed E-state index contributed by atoms with van der Waals surface area (Å²) in [5.74, 6) is -1.15. The summed E-state index contributed by atoms with van der Waals surface area (Å²) in [6.45, 7) is 0.562. The van der Waals surface area contributed by atoms with Gasteiger partial charge in [0.15, 0.2) is 0 Å². The molecule has 1 aliphatic rings. The zero-order valence-corrected chi connectivity index (χ0v) is 23.3. The molecule has 4 nitrogen and oxygen atoms in total. The van der Waals surface area contributed by atoms with Crippen molar-refractivity contribution < 1.29 is 9.50 Å². The fourth-order valence-electron chi connectivity index (χ4n) is 5.17. The summed E-state index contributed by atoms with van der Waals surface area (Å²) < 4.78 is 14.8. The van der Waals surface area contributed by atoms with Crippen LogP contribution in [0.25, 0.3) is 22.8 Å². The smallest absolute Gasteiger partial charge is 0.251 e. The minimum Gasteiger partial charge on any atom is -0.383 e. The lowest BCUT2D eigenvalue weighted by Gasteiger charge is -2.39. The molecule has 0 saturated heterocycles. The highest BCUT2D eigenvalue weighted by atomic mass is 79.9. The van der Waals surface area contributed by atoms with Crippen molar-refractivity contribution in [3.8, 4) is 11.1 Å². The van der Waals surface area contributed by atoms with Gasteiger partial charge in [0.1, 0.15) is 11.4 Å². The molecule has 2 N–H and O–H groups in total. The number of aromatic amines is 1. The number of benzene rings is 3. The highest BCUT2D eigenvalue weighted by Crippen LogP contribution is 2.46. The maximum atomic E-state index is 14.4. The summed E-state index contributed by atoms with van der Waals surface area (Å²) >= 11 is 3.21. The van der Waals surface area contributed by atoms with Crippen LogP contribution >= 0.6 is 15.9 Å². The van der Waals surface area contributed by atoms with Crippen molar-refractivity contribution in [2.45, 2.75) is 17.9 Å². The third-order valence-corrected chi connectivity index (χ3v) is 7.78. The van der Waals surface area contributed by atoms with Crippen LogP contribution < -0.4 is 5.56 Å². The Bertz CT molecular complexity index is 1680. The first kappa shape index (κ1) is 26.8. The Labute approximate surface area is 235 Å². The molecule has 196 valence electrons. The van der Waals surface area contributed by atoms with Gasteiger partial charge in [-0.3, -0.25) is 4.79 Å². The standard InChI is InChI=1S/C33H28BrFN2O2/c1-37(2)18-17-33(39,28-14-8-12-22-9-6-7-13-26(22)28)31(23-10-4-3-5-11-23)27-19-25(21-36-32(27)38)24-15-16-29(34)30(35)20-24/h3-7,9-13,15-16,19-21,31,39H,17-18H2,1-2H3,(H,36,38). The van der Waals surface area contributed by atoms with E-state index in [4.69, 9.17) is 0 Å². The van der Waals surface area contributed by atoms with E-state index in [1.54, 1.807) is 24.4 Å². The molecule has 39 heavy (non-hydrogen) atoms. The van der Waals surface area contributed by atoms with E-state index >= 15 is 0 Å². The predicted octanol–water partition coefficient (Wildman–Crippen LogP) is 6.62. The monoisotopic (exact) mass is 582 g/mol. The number of aromatic nitrogens is 1. The van der Waals surface area contributed by atoms with E-state index in [0.29, 0.717) is 39.7 Å². The minimum absolute atomic E-state index is 0.322. The third kappa shape index (κ3) is 5.39. The van der Waals surface area contributed by atoms with E-state index in [-0.39, 0.29) is 5.56 Å². The molecule has 0 radical (unpaired) electrons. The Morgan fingerprint density at radius 1 is 1.03 bits per heavy atom. The molecular formula is C33H28BrFN2O2. The molecule has 1 aromatic heterocycles. The van der Waals surface area contributed by atoms with Crippen LogP contribution in [0.2, 0.25) is 0 Å². The van der Waals surface area contributed by atoms with Crippen molar-refractivity contribution in [3.05, 3.63) is 139 Å². The molecule has 3 aromatic carbocycles. The molecule has 5 rings (SSSR count). The van der Waals surface area contributed by atoms with Gasteiger partial charge in [-0.05, 0) is 88.5 Å². The molecule has 0 saturated carbocycles. The van der Waals surface area contributed by atoms with E-state index in [0.717, 1.165) is 16.7 Å². The molecule has 0 spiro atoms. The third-order valence-electron chi connectivity index (χ3n) is 7.13. The van der Waals surface area contributed by atoms with Crippen LogP contribution in [0.5, 0.6) is 0 Å². The van der Waals surface area contributed by atoms with Crippen LogP contribution in [0.1, 0.15) is 34.6 Å². The Morgan fingerprint density at radius 3 is 2.51 bits per heavy atom. The minimum atomic E-state index is -1.53. The summed E-state index contributed by atoms with van der Waals surface area (Å²) in [7, 11) is 3.90. The molecule has 0 bridgehead atoms. The maximum Gasteiger partial charge on any atom is 0.251 e. The Kier molecular flexibility index (Phi) is 7.67. The van der Waals surface area contributed by atoms with E-state index < -0.39 is 17.3 Å². The van der Waals surface area contributed by atoms with Crippen molar-refractivity contribution in [3.63, 3.8) is 0 Å². The second-order valence-corrected chi connectivity index (χ2v) is 10.9. The number of nitrogens with zero attached hydrogens (tertiary/aromatic N) is 1. The van der Waals surface area contributed by atoms with Crippen LogP contribution in [-0.4, -0.2) is 41.2 Å². The number of hydrogen-bond acceptors (Lipinski definition) is 3. The molecule has 1 aliphatic carbocycles. The lowest BCUT2D eigenvalue weighted by molar-refractivity contribution is 0.0665. The zero-order chi connectivity index (χ0) is 27.6. The number of hydrogen-bond donors (Lipinski definition) is 2. The average molecular weight is 584 g/mol. The van der Waals surface area contributed by atoms with Gasteiger partial charge in [-0.25, -0.2) is 4.39 Å². The fourth-order valence-corrected chi connectivity index (χ4v) is 5.42. The van der Waals surface area contributed by atoms with Gasteiger partial charge in [0.25, 0.3) is 5.56 Å². The molecule has 4 aromatic rings. The molecule has 0 amide bonds. The molecular weight excluding hydrogens is 555 g/mol. The first-order valence-electron chi connectivity index (χ1n) is 12.7. The van der Waals surface area contributed by atoms with Crippen LogP contribution in [0.4, 0.5) is 4.39 Å². The Morgan fingerprint density at radius 2 is 1.77 bits per heavy atom. The van der Waals surface area contributed by atoms with Gasteiger partial charge < -0.3 is 15.0 Å². The second-order valence-electron chi connectivity index (χ2n) is 10.00. The van der Waals surface area contributed by atoms with Gasteiger partial charge in [-0.1, -0.05) is 72.1 Å². The Hall–Kier alpha value is -3.76. The van der Waals surface area contributed by atoms with Crippen molar-refractivity contribution in [1.29, 1.82) is 0 Å². The zero-order valence-electron chi connectivity index (χ0n) is 21.7. The van der Waals surface area contributed by atoms with Crippen LogP contribution in [0.15, 0.2) is 106 Å². The van der Waals surface area contributed by atoms with Crippen LogP contribution in [0.3, 0.4) is 0 Å². The highest BCUT2D eigenvalue weighted by molar-refractivity contribution is 9.10. The van der Waals surface area contributed by atoms with Gasteiger partial charge in [-0.15, -0.1) is 0 Å². The molecule has 2 unspecified atom stereocenters. The number of nitrogens with one attached hydrogen (secondary N) is 1. The average Bonchev–Trinajstić information content (AvgIpc) is 2.95.